The third-order valence-electron chi connectivity index (χ3n) is 3.58. The lowest BCUT2D eigenvalue weighted by atomic mass is 10.1. The Morgan fingerprint density at radius 2 is 2.05 bits per heavy atom. The molecule has 0 atom stereocenters. The number of benzene rings is 1. The van der Waals surface area contributed by atoms with E-state index in [4.69, 9.17) is 11.6 Å². The summed E-state index contributed by atoms with van der Waals surface area (Å²) in [4.78, 5) is 14.5. The van der Waals surface area contributed by atoms with Crippen LogP contribution in [0.5, 0.6) is 0 Å². The number of likely N-dealkylation sites (tertiary alicyclic amines) is 1. The number of nitrogens with zero attached hydrogens (tertiary/aromatic N) is 1. The zero-order chi connectivity index (χ0) is 14.4. The van der Waals surface area contributed by atoms with Crippen LogP contribution in [0, 0.1) is 0 Å². The highest BCUT2D eigenvalue weighted by Crippen LogP contribution is 2.25. The lowest BCUT2D eigenvalue weighted by Gasteiger charge is -2.26. The van der Waals surface area contributed by atoms with Crippen LogP contribution in [0.2, 0.25) is 5.02 Å². The molecule has 3 nitrogen and oxygen atoms in total. The van der Waals surface area contributed by atoms with Crippen molar-refractivity contribution in [3.05, 3.63) is 33.3 Å². The van der Waals surface area contributed by atoms with E-state index in [-0.39, 0.29) is 5.91 Å². The highest BCUT2D eigenvalue weighted by molar-refractivity contribution is 9.10. The summed E-state index contributed by atoms with van der Waals surface area (Å²) in [7, 11) is 0. The van der Waals surface area contributed by atoms with Gasteiger partial charge in [0, 0.05) is 11.0 Å². The van der Waals surface area contributed by atoms with Gasteiger partial charge < -0.3 is 10.2 Å². The van der Waals surface area contributed by atoms with Crippen molar-refractivity contribution in [3.63, 3.8) is 0 Å². The Hall–Kier alpha value is -0.580. The zero-order valence-corrected chi connectivity index (χ0v) is 13.8. The minimum atomic E-state index is -0.102. The van der Waals surface area contributed by atoms with Gasteiger partial charge in [-0.3, -0.25) is 4.79 Å². The van der Waals surface area contributed by atoms with E-state index >= 15 is 0 Å². The predicted octanol–water partition coefficient (Wildman–Crippen LogP) is 3.71. The lowest BCUT2D eigenvalue weighted by molar-refractivity contribution is 0.0951. The smallest absolute Gasteiger partial charge is 0.252 e. The van der Waals surface area contributed by atoms with Gasteiger partial charge in [-0.1, -0.05) is 24.1 Å². The number of hydrogen-bond acceptors (Lipinski definition) is 2. The molecule has 1 aliphatic rings. The van der Waals surface area contributed by atoms with E-state index < -0.39 is 0 Å². The number of nitrogens with one attached hydrogen (secondary N) is 1. The van der Waals surface area contributed by atoms with Crippen molar-refractivity contribution in [3.8, 4) is 0 Å². The third kappa shape index (κ3) is 4.47. The third-order valence-corrected chi connectivity index (χ3v) is 4.88. The summed E-state index contributed by atoms with van der Waals surface area (Å²) < 4.78 is 0.750. The maximum Gasteiger partial charge on any atom is 0.252 e. The zero-order valence-electron chi connectivity index (χ0n) is 11.5. The van der Waals surface area contributed by atoms with Gasteiger partial charge >= 0.3 is 0 Å². The second kappa shape index (κ2) is 8.01. The molecule has 1 fully saturated rings. The maximum atomic E-state index is 12.0. The van der Waals surface area contributed by atoms with E-state index in [0.29, 0.717) is 17.1 Å². The number of carbonyl (C=O) groups is 1. The minimum Gasteiger partial charge on any atom is -0.352 e. The van der Waals surface area contributed by atoms with Gasteiger partial charge in [-0.2, -0.15) is 0 Å². The first-order valence-corrected chi connectivity index (χ1v) is 8.30. The van der Waals surface area contributed by atoms with Gasteiger partial charge in [0.1, 0.15) is 0 Å². The summed E-state index contributed by atoms with van der Waals surface area (Å²) in [5.41, 5.74) is 0.527. The fraction of sp³-hybridized carbons (Fsp3) is 0.533. The van der Waals surface area contributed by atoms with Gasteiger partial charge in [0.15, 0.2) is 0 Å². The maximum absolute atomic E-state index is 12.0. The molecule has 1 aromatic carbocycles. The molecule has 5 heteroatoms. The molecule has 1 amide bonds. The minimum absolute atomic E-state index is 0.102. The average molecular weight is 360 g/mol. The molecule has 0 radical (unpaired) electrons. The number of amides is 1. The number of hydrogen-bond donors (Lipinski definition) is 1. The Morgan fingerprint density at radius 1 is 1.30 bits per heavy atom. The molecule has 2 rings (SSSR count). The van der Waals surface area contributed by atoms with Crippen LogP contribution in [0.4, 0.5) is 0 Å². The van der Waals surface area contributed by atoms with Crippen molar-refractivity contribution in [2.24, 2.45) is 0 Å². The van der Waals surface area contributed by atoms with E-state index in [1.165, 1.54) is 32.4 Å². The number of rotatable bonds is 5. The van der Waals surface area contributed by atoms with E-state index in [2.05, 4.69) is 26.1 Å². The fourth-order valence-electron chi connectivity index (χ4n) is 2.46. The quantitative estimate of drug-likeness (QED) is 0.813. The molecule has 1 aromatic rings. The molecule has 0 unspecified atom stereocenters. The molecular weight excluding hydrogens is 340 g/mol. The van der Waals surface area contributed by atoms with Crippen molar-refractivity contribution >= 4 is 33.4 Å². The van der Waals surface area contributed by atoms with E-state index in [9.17, 15) is 4.79 Å². The van der Waals surface area contributed by atoms with Gasteiger partial charge in [-0.15, -0.1) is 0 Å². The average Bonchev–Trinajstić information content (AvgIpc) is 2.47. The molecule has 0 bridgehead atoms. The van der Waals surface area contributed by atoms with Gasteiger partial charge in [-0.05, 0) is 67.0 Å². The Bertz CT molecular complexity index is 461. The lowest BCUT2D eigenvalue weighted by Crippen LogP contribution is -2.33. The fourth-order valence-corrected chi connectivity index (χ4v) is 3.04. The van der Waals surface area contributed by atoms with Crippen LogP contribution in [-0.4, -0.2) is 37.0 Å². The first-order chi connectivity index (χ1) is 9.68. The Balaban J connectivity index is 1.73. The number of halogens is 2. The number of carbonyl (C=O) groups excluding carboxylic acids is 1. The molecule has 1 N–H and O–H groups in total. The summed E-state index contributed by atoms with van der Waals surface area (Å²) in [6, 6.07) is 5.39. The predicted molar refractivity (Wildman–Crippen MR) is 86.4 cm³/mol. The van der Waals surface area contributed by atoms with Crippen LogP contribution < -0.4 is 5.32 Å². The van der Waals surface area contributed by atoms with E-state index in [0.717, 1.165) is 17.4 Å². The summed E-state index contributed by atoms with van der Waals surface area (Å²) in [5, 5.41) is 3.41. The van der Waals surface area contributed by atoms with Gasteiger partial charge in [0.2, 0.25) is 0 Å². The molecule has 0 aromatic heterocycles. The van der Waals surface area contributed by atoms with Crippen LogP contribution in [-0.2, 0) is 0 Å². The molecular formula is C15H20BrClN2O. The second-order valence-corrected chi connectivity index (χ2v) is 6.35. The van der Waals surface area contributed by atoms with E-state index in [1.54, 1.807) is 6.07 Å². The molecule has 0 spiro atoms. The summed E-state index contributed by atoms with van der Waals surface area (Å²) in [5.74, 6) is -0.102. The highest BCUT2D eigenvalue weighted by atomic mass is 79.9. The van der Waals surface area contributed by atoms with Gasteiger partial charge in [0.25, 0.3) is 5.91 Å². The summed E-state index contributed by atoms with van der Waals surface area (Å²) in [6.45, 7) is 4.15. The van der Waals surface area contributed by atoms with Crippen molar-refractivity contribution in [1.29, 1.82) is 0 Å². The molecule has 1 aliphatic heterocycles. The van der Waals surface area contributed by atoms with E-state index in [1.807, 2.05) is 12.1 Å². The summed E-state index contributed by atoms with van der Waals surface area (Å²) in [6.07, 6.45) is 4.95. The molecule has 110 valence electrons. The monoisotopic (exact) mass is 358 g/mol. The Kier molecular flexibility index (Phi) is 6.33. The van der Waals surface area contributed by atoms with Crippen LogP contribution >= 0.6 is 27.5 Å². The molecule has 1 saturated heterocycles. The molecule has 0 aliphatic carbocycles. The van der Waals surface area contributed by atoms with Crippen LogP contribution in [0.25, 0.3) is 0 Å². The Labute approximate surface area is 133 Å². The van der Waals surface area contributed by atoms with Crippen LogP contribution in [0.15, 0.2) is 22.7 Å². The normalized spacial score (nSPS) is 16.1. The van der Waals surface area contributed by atoms with Gasteiger partial charge in [-0.25, -0.2) is 0 Å². The second-order valence-electron chi connectivity index (χ2n) is 5.11. The topological polar surface area (TPSA) is 32.3 Å². The summed E-state index contributed by atoms with van der Waals surface area (Å²) >= 11 is 9.44. The van der Waals surface area contributed by atoms with Crippen molar-refractivity contribution in [2.75, 3.05) is 26.2 Å². The number of piperidine rings is 1. The van der Waals surface area contributed by atoms with Crippen molar-refractivity contribution < 1.29 is 4.79 Å². The van der Waals surface area contributed by atoms with Gasteiger partial charge in [0.05, 0.1) is 10.6 Å². The SMILES string of the molecule is O=C(NCCCN1CCCCC1)c1cccc(Br)c1Cl. The first-order valence-electron chi connectivity index (χ1n) is 7.13. The molecule has 0 saturated carbocycles. The highest BCUT2D eigenvalue weighted by Gasteiger charge is 2.12. The van der Waals surface area contributed by atoms with Crippen molar-refractivity contribution in [2.45, 2.75) is 25.7 Å². The largest absolute Gasteiger partial charge is 0.352 e. The molecule has 1 heterocycles. The first kappa shape index (κ1) is 15.8. The molecule has 20 heavy (non-hydrogen) atoms. The Morgan fingerprint density at radius 3 is 2.80 bits per heavy atom. The van der Waals surface area contributed by atoms with Crippen LogP contribution in [0.3, 0.4) is 0 Å². The van der Waals surface area contributed by atoms with Crippen molar-refractivity contribution in [1.82, 2.24) is 10.2 Å². The van der Waals surface area contributed by atoms with Crippen LogP contribution in [0.1, 0.15) is 36.0 Å². The standard InChI is InChI=1S/C15H20BrClN2O/c16-13-7-4-6-12(14(13)17)15(20)18-8-5-11-19-9-2-1-3-10-19/h4,6-7H,1-3,5,8-11H2,(H,18,20).